The molecule has 0 radical (unpaired) electrons. The number of amides is 1. The summed E-state index contributed by atoms with van der Waals surface area (Å²) in [5, 5.41) is 6.06. The molecular weight excluding hydrogens is 252 g/mol. The fraction of sp³-hybridized carbons (Fsp3) is 0.267. The van der Waals surface area contributed by atoms with E-state index in [0.29, 0.717) is 26.1 Å². The molecule has 5 nitrogen and oxygen atoms in total. The molecule has 0 aromatic carbocycles. The van der Waals surface area contributed by atoms with Crippen LogP contribution in [0.5, 0.6) is 0 Å². The van der Waals surface area contributed by atoms with Crippen molar-refractivity contribution in [1.82, 2.24) is 20.6 Å². The minimum Gasteiger partial charge on any atom is -0.352 e. The van der Waals surface area contributed by atoms with Crippen LogP contribution in [0.1, 0.15) is 17.7 Å². The predicted molar refractivity (Wildman–Crippen MR) is 76.6 cm³/mol. The van der Waals surface area contributed by atoms with Gasteiger partial charge in [0.1, 0.15) is 0 Å². The van der Waals surface area contributed by atoms with Gasteiger partial charge in [0.2, 0.25) is 5.91 Å². The summed E-state index contributed by atoms with van der Waals surface area (Å²) in [5.74, 6) is 0.0300. The van der Waals surface area contributed by atoms with Crippen LogP contribution in [0.15, 0.2) is 48.9 Å². The van der Waals surface area contributed by atoms with Crippen LogP contribution in [-0.2, 0) is 17.9 Å². The number of aromatic nitrogens is 2. The van der Waals surface area contributed by atoms with Gasteiger partial charge in [0.25, 0.3) is 0 Å². The molecule has 2 rings (SSSR count). The zero-order valence-electron chi connectivity index (χ0n) is 11.2. The first-order valence-electron chi connectivity index (χ1n) is 6.61. The highest BCUT2D eigenvalue weighted by Gasteiger charge is 2.01. The van der Waals surface area contributed by atoms with Gasteiger partial charge in [-0.25, -0.2) is 0 Å². The second-order valence-corrected chi connectivity index (χ2v) is 4.39. The predicted octanol–water partition coefficient (Wildman–Crippen LogP) is 1.27. The van der Waals surface area contributed by atoms with Crippen molar-refractivity contribution < 1.29 is 4.79 Å². The van der Waals surface area contributed by atoms with E-state index in [4.69, 9.17) is 0 Å². The molecule has 20 heavy (non-hydrogen) atoms. The minimum absolute atomic E-state index is 0.0300. The Morgan fingerprint density at radius 3 is 2.80 bits per heavy atom. The first-order valence-corrected chi connectivity index (χ1v) is 6.61. The van der Waals surface area contributed by atoms with E-state index in [9.17, 15) is 4.79 Å². The van der Waals surface area contributed by atoms with Crippen LogP contribution >= 0.6 is 0 Å². The monoisotopic (exact) mass is 270 g/mol. The van der Waals surface area contributed by atoms with Crippen molar-refractivity contribution in [2.45, 2.75) is 19.5 Å². The molecule has 0 saturated heterocycles. The summed E-state index contributed by atoms with van der Waals surface area (Å²) in [6.45, 7) is 1.83. The summed E-state index contributed by atoms with van der Waals surface area (Å²) < 4.78 is 0. The fourth-order valence-electron chi connectivity index (χ4n) is 1.71. The topological polar surface area (TPSA) is 66.9 Å². The van der Waals surface area contributed by atoms with Crippen molar-refractivity contribution in [3.05, 3.63) is 60.2 Å². The van der Waals surface area contributed by atoms with Gasteiger partial charge in [-0.15, -0.1) is 0 Å². The molecule has 2 N–H and O–H groups in total. The molecule has 0 bridgehead atoms. The summed E-state index contributed by atoms with van der Waals surface area (Å²) in [6.07, 6.45) is 5.68. The van der Waals surface area contributed by atoms with Crippen LogP contribution in [0.2, 0.25) is 0 Å². The largest absolute Gasteiger partial charge is 0.352 e. The van der Waals surface area contributed by atoms with Gasteiger partial charge in [0.05, 0.1) is 5.69 Å². The average molecular weight is 270 g/mol. The van der Waals surface area contributed by atoms with Gasteiger partial charge in [-0.3, -0.25) is 14.8 Å². The highest BCUT2D eigenvalue weighted by Crippen LogP contribution is 1.95. The molecular formula is C15H18N4O. The van der Waals surface area contributed by atoms with Crippen LogP contribution in [0.25, 0.3) is 0 Å². The van der Waals surface area contributed by atoms with E-state index < -0.39 is 0 Å². The number of nitrogens with zero attached hydrogens (tertiary/aromatic N) is 2. The van der Waals surface area contributed by atoms with Crippen LogP contribution in [-0.4, -0.2) is 22.4 Å². The third kappa shape index (κ3) is 5.16. The maximum absolute atomic E-state index is 11.6. The summed E-state index contributed by atoms with van der Waals surface area (Å²) in [5.41, 5.74) is 1.98. The Balaban J connectivity index is 1.59. The minimum atomic E-state index is 0.0300. The van der Waals surface area contributed by atoms with E-state index in [-0.39, 0.29) is 5.91 Å². The van der Waals surface area contributed by atoms with Crippen molar-refractivity contribution in [3.63, 3.8) is 0 Å². The van der Waals surface area contributed by atoms with Crippen molar-refractivity contribution in [3.8, 4) is 0 Å². The Labute approximate surface area is 118 Å². The van der Waals surface area contributed by atoms with Gasteiger partial charge >= 0.3 is 0 Å². The third-order valence-electron chi connectivity index (χ3n) is 2.77. The van der Waals surface area contributed by atoms with Crippen molar-refractivity contribution in [2.24, 2.45) is 0 Å². The zero-order valence-corrected chi connectivity index (χ0v) is 11.2. The lowest BCUT2D eigenvalue weighted by atomic mass is 10.3. The van der Waals surface area contributed by atoms with Gasteiger partial charge in [0, 0.05) is 44.6 Å². The number of carbonyl (C=O) groups excluding carboxylic acids is 1. The van der Waals surface area contributed by atoms with E-state index in [1.165, 1.54) is 0 Å². The lowest BCUT2D eigenvalue weighted by Crippen LogP contribution is -2.27. The molecule has 104 valence electrons. The molecule has 0 aliphatic carbocycles. The third-order valence-corrected chi connectivity index (χ3v) is 2.77. The molecule has 0 atom stereocenters. The van der Waals surface area contributed by atoms with E-state index in [1.54, 1.807) is 18.6 Å². The number of hydrogen-bond donors (Lipinski definition) is 2. The molecule has 0 aliphatic heterocycles. The smallest absolute Gasteiger partial charge is 0.221 e. The fourth-order valence-corrected chi connectivity index (χ4v) is 1.71. The first-order chi connectivity index (χ1) is 9.84. The van der Waals surface area contributed by atoms with Crippen LogP contribution in [0.4, 0.5) is 0 Å². The molecule has 2 heterocycles. The normalized spacial score (nSPS) is 10.2. The molecule has 0 saturated carbocycles. The maximum Gasteiger partial charge on any atom is 0.221 e. The molecule has 1 amide bonds. The Morgan fingerprint density at radius 1 is 1.10 bits per heavy atom. The number of rotatable bonds is 7. The SMILES string of the molecule is O=C(CCNCc1ccccn1)NCc1cccnc1. The van der Waals surface area contributed by atoms with Crippen LogP contribution in [0.3, 0.4) is 0 Å². The summed E-state index contributed by atoms with van der Waals surface area (Å²) >= 11 is 0. The van der Waals surface area contributed by atoms with E-state index in [0.717, 1.165) is 11.3 Å². The Hall–Kier alpha value is -2.27. The van der Waals surface area contributed by atoms with E-state index in [2.05, 4.69) is 20.6 Å². The zero-order chi connectivity index (χ0) is 14.0. The standard InChI is InChI=1S/C15H18N4O/c20-15(19-11-13-4-3-7-16-10-13)6-9-17-12-14-5-1-2-8-18-14/h1-5,7-8,10,17H,6,9,11-12H2,(H,19,20). The maximum atomic E-state index is 11.6. The molecule has 2 aromatic heterocycles. The van der Waals surface area contributed by atoms with Gasteiger partial charge in [-0.1, -0.05) is 12.1 Å². The number of nitrogens with one attached hydrogen (secondary N) is 2. The second kappa shape index (κ2) is 8.01. The molecule has 0 fully saturated rings. The van der Waals surface area contributed by atoms with Crippen molar-refractivity contribution >= 4 is 5.91 Å². The van der Waals surface area contributed by atoms with E-state index >= 15 is 0 Å². The molecule has 0 spiro atoms. The molecule has 5 heteroatoms. The highest BCUT2D eigenvalue weighted by molar-refractivity contribution is 5.76. The van der Waals surface area contributed by atoms with Crippen LogP contribution < -0.4 is 10.6 Å². The molecule has 0 aliphatic rings. The number of pyridine rings is 2. The Morgan fingerprint density at radius 2 is 2.05 bits per heavy atom. The highest BCUT2D eigenvalue weighted by atomic mass is 16.1. The molecule has 0 unspecified atom stereocenters. The van der Waals surface area contributed by atoms with Gasteiger partial charge < -0.3 is 10.6 Å². The lowest BCUT2D eigenvalue weighted by molar-refractivity contribution is -0.121. The number of carbonyl (C=O) groups is 1. The lowest BCUT2D eigenvalue weighted by Gasteiger charge is -2.06. The summed E-state index contributed by atoms with van der Waals surface area (Å²) in [6, 6.07) is 9.58. The Bertz CT molecular complexity index is 516. The Kier molecular flexibility index (Phi) is 5.67. The average Bonchev–Trinajstić information content (AvgIpc) is 2.52. The van der Waals surface area contributed by atoms with Crippen LogP contribution in [0, 0.1) is 0 Å². The summed E-state index contributed by atoms with van der Waals surface area (Å²) in [7, 11) is 0. The second-order valence-electron chi connectivity index (χ2n) is 4.39. The summed E-state index contributed by atoms with van der Waals surface area (Å²) in [4.78, 5) is 19.8. The van der Waals surface area contributed by atoms with Crippen molar-refractivity contribution in [2.75, 3.05) is 6.54 Å². The van der Waals surface area contributed by atoms with Gasteiger partial charge in [-0.2, -0.15) is 0 Å². The van der Waals surface area contributed by atoms with E-state index in [1.807, 2.05) is 30.3 Å². The van der Waals surface area contributed by atoms with Gasteiger partial charge in [0.15, 0.2) is 0 Å². The molecule has 2 aromatic rings. The van der Waals surface area contributed by atoms with Gasteiger partial charge in [-0.05, 0) is 23.8 Å². The van der Waals surface area contributed by atoms with Crippen molar-refractivity contribution in [1.29, 1.82) is 0 Å². The quantitative estimate of drug-likeness (QED) is 0.744. The number of hydrogen-bond acceptors (Lipinski definition) is 4. The first kappa shape index (κ1) is 14.1.